The van der Waals surface area contributed by atoms with E-state index in [1.807, 2.05) is 30.3 Å². The van der Waals surface area contributed by atoms with Gasteiger partial charge >= 0.3 is 5.97 Å². The second-order valence-corrected chi connectivity index (χ2v) is 6.59. The second kappa shape index (κ2) is 11.8. The summed E-state index contributed by atoms with van der Waals surface area (Å²) in [7, 11) is 1.50. The number of ether oxygens (including phenoxy) is 2. The van der Waals surface area contributed by atoms with Crippen molar-refractivity contribution in [1.82, 2.24) is 9.88 Å². The molecule has 1 aromatic heterocycles. The predicted octanol–water partition coefficient (Wildman–Crippen LogP) is 2.93. The van der Waals surface area contributed by atoms with E-state index in [1.54, 1.807) is 25.3 Å². The van der Waals surface area contributed by atoms with Gasteiger partial charge < -0.3 is 19.5 Å². The average Bonchev–Trinajstić information content (AvgIpc) is 2.74. The molecular formula is C22H28N2O5. The van der Waals surface area contributed by atoms with Crippen molar-refractivity contribution >= 4 is 11.9 Å². The van der Waals surface area contributed by atoms with Crippen LogP contribution in [0.5, 0.6) is 5.88 Å². The van der Waals surface area contributed by atoms with Crippen molar-refractivity contribution in [3.05, 3.63) is 59.8 Å². The molecule has 1 aromatic carbocycles. The van der Waals surface area contributed by atoms with Gasteiger partial charge in [0, 0.05) is 38.3 Å². The van der Waals surface area contributed by atoms with E-state index < -0.39 is 12.0 Å². The Morgan fingerprint density at radius 2 is 1.93 bits per heavy atom. The summed E-state index contributed by atoms with van der Waals surface area (Å²) >= 11 is 0. The van der Waals surface area contributed by atoms with E-state index in [-0.39, 0.29) is 18.7 Å². The maximum absolute atomic E-state index is 12.6. The van der Waals surface area contributed by atoms with Gasteiger partial charge in [0.25, 0.3) is 0 Å². The third kappa shape index (κ3) is 7.19. The standard InChI is InChI=1S/C22H28N2O5/c1-3-24(19(22(26)27)14-18-11-12-23-20(15-18)28-2)21(25)10-7-13-29-16-17-8-5-4-6-9-17/h4-6,8-9,11-12,15,19H,3,7,10,13-14,16H2,1-2H3,(H,26,27). The number of methoxy groups -OCH3 is 1. The van der Waals surface area contributed by atoms with E-state index in [2.05, 4.69) is 4.98 Å². The fraction of sp³-hybridized carbons (Fsp3) is 0.409. The molecule has 2 rings (SSSR count). The number of nitrogens with zero attached hydrogens (tertiary/aromatic N) is 2. The average molecular weight is 400 g/mol. The van der Waals surface area contributed by atoms with Crippen molar-refractivity contribution in [1.29, 1.82) is 0 Å². The molecule has 1 unspecified atom stereocenters. The van der Waals surface area contributed by atoms with E-state index in [4.69, 9.17) is 9.47 Å². The summed E-state index contributed by atoms with van der Waals surface area (Å²) in [5.41, 5.74) is 1.83. The molecule has 2 aromatic rings. The highest BCUT2D eigenvalue weighted by Gasteiger charge is 2.28. The minimum Gasteiger partial charge on any atom is -0.481 e. The van der Waals surface area contributed by atoms with Crippen LogP contribution in [0.4, 0.5) is 0 Å². The number of carbonyl (C=O) groups is 2. The molecule has 29 heavy (non-hydrogen) atoms. The maximum atomic E-state index is 12.6. The van der Waals surface area contributed by atoms with Crippen LogP contribution in [0, 0.1) is 0 Å². The van der Waals surface area contributed by atoms with Crippen LogP contribution in [-0.4, -0.2) is 53.2 Å². The van der Waals surface area contributed by atoms with Gasteiger partial charge in [-0.3, -0.25) is 4.79 Å². The van der Waals surface area contributed by atoms with Gasteiger partial charge in [-0.25, -0.2) is 9.78 Å². The Kier molecular flexibility index (Phi) is 9.11. The summed E-state index contributed by atoms with van der Waals surface area (Å²) < 4.78 is 10.7. The number of likely N-dealkylation sites (N-methyl/N-ethyl adjacent to an activating group) is 1. The molecule has 0 aliphatic rings. The number of hydrogen-bond donors (Lipinski definition) is 1. The summed E-state index contributed by atoms with van der Waals surface area (Å²) in [5, 5.41) is 9.68. The van der Waals surface area contributed by atoms with Crippen LogP contribution >= 0.6 is 0 Å². The molecule has 156 valence electrons. The quantitative estimate of drug-likeness (QED) is 0.551. The van der Waals surface area contributed by atoms with Crippen LogP contribution < -0.4 is 4.74 Å². The molecule has 0 aliphatic heterocycles. The zero-order valence-electron chi connectivity index (χ0n) is 16.9. The van der Waals surface area contributed by atoms with Crippen molar-refractivity contribution in [2.75, 3.05) is 20.3 Å². The first-order chi connectivity index (χ1) is 14.0. The fourth-order valence-electron chi connectivity index (χ4n) is 3.05. The van der Waals surface area contributed by atoms with Crippen LogP contribution in [0.2, 0.25) is 0 Å². The van der Waals surface area contributed by atoms with Crippen LogP contribution in [0.3, 0.4) is 0 Å². The van der Waals surface area contributed by atoms with Crippen LogP contribution in [0.1, 0.15) is 30.9 Å². The van der Waals surface area contributed by atoms with E-state index >= 15 is 0 Å². The molecule has 0 radical (unpaired) electrons. The lowest BCUT2D eigenvalue weighted by atomic mass is 10.0. The molecular weight excluding hydrogens is 372 g/mol. The first-order valence-electron chi connectivity index (χ1n) is 9.68. The molecule has 1 heterocycles. The lowest BCUT2D eigenvalue weighted by Crippen LogP contribution is -2.46. The number of carbonyl (C=O) groups excluding carboxylic acids is 1. The Labute approximate surface area is 171 Å². The normalized spacial score (nSPS) is 11.7. The molecule has 7 heteroatoms. The Hall–Kier alpha value is -2.93. The highest BCUT2D eigenvalue weighted by Crippen LogP contribution is 2.15. The topological polar surface area (TPSA) is 89.0 Å². The molecule has 7 nitrogen and oxygen atoms in total. The number of hydrogen-bond acceptors (Lipinski definition) is 5. The van der Waals surface area contributed by atoms with Gasteiger partial charge in [0.2, 0.25) is 11.8 Å². The molecule has 0 aliphatic carbocycles. The smallest absolute Gasteiger partial charge is 0.326 e. The largest absolute Gasteiger partial charge is 0.481 e. The van der Waals surface area contributed by atoms with Crippen LogP contribution in [-0.2, 0) is 27.4 Å². The second-order valence-electron chi connectivity index (χ2n) is 6.59. The van der Waals surface area contributed by atoms with Gasteiger partial charge in [-0.05, 0) is 30.5 Å². The van der Waals surface area contributed by atoms with Crippen LogP contribution in [0.15, 0.2) is 48.7 Å². The number of benzene rings is 1. The van der Waals surface area contributed by atoms with Crippen molar-refractivity contribution in [2.24, 2.45) is 0 Å². The number of carboxylic acid groups (broad SMARTS) is 1. The summed E-state index contributed by atoms with van der Waals surface area (Å²) in [5.74, 6) is -0.808. The summed E-state index contributed by atoms with van der Waals surface area (Å²) in [6, 6.07) is 12.3. The van der Waals surface area contributed by atoms with Crippen LogP contribution in [0.25, 0.3) is 0 Å². The van der Waals surface area contributed by atoms with E-state index in [9.17, 15) is 14.7 Å². The highest BCUT2D eigenvalue weighted by atomic mass is 16.5. The van der Waals surface area contributed by atoms with Crippen molar-refractivity contribution in [3.8, 4) is 5.88 Å². The molecule has 1 amide bonds. The predicted molar refractivity (Wildman–Crippen MR) is 109 cm³/mol. The van der Waals surface area contributed by atoms with E-state index in [1.165, 1.54) is 12.0 Å². The number of pyridine rings is 1. The summed E-state index contributed by atoms with van der Waals surface area (Å²) in [6.07, 6.45) is 2.54. The van der Waals surface area contributed by atoms with E-state index in [0.717, 1.165) is 11.1 Å². The van der Waals surface area contributed by atoms with Crippen molar-refractivity contribution in [3.63, 3.8) is 0 Å². The molecule has 0 saturated heterocycles. The lowest BCUT2D eigenvalue weighted by molar-refractivity contribution is -0.150. The first-order valence-corrected chi connectivity index (χ1v) is 9.68. The van der Waals surface area contributed by atoms with Crippen molar-refractivity contribution < 1.29 is 24.2 Å². The zero-order valence-corrected chi connectivity index (χ0v) is 16.9. The molecule has 1 N–H and O–H groups in total. The lowest BCUT2D eigenvalue weighted by Gasteiger charge is -2.28. The molecule has 0 spiro atoms. The minimum atomic E-state index is -1.03. The molecule has 0 saturated carbocycles. The number of amides is 1. The monoisotopic (exact) mass is 400 g/mol. The fourth-order valence-corrected chi connectivity index (χ4v) is 3.05. The Balaban J connectivity index is 1.87. The SMILES string of the molecule is CCN(C(=O)CCCOCc1ccccc1)C(Cc1ccnc(OC)c1)C(=O)O. The van der Waals surface area contributed by atoms with Gasteiger partial charge in [0.05, 0.1) is 13.7 Å². The van der Waals surface area contributed by atoms with Gasteiger partial charge in [-0.1, -0.05) is 30.3 Å². The Bertz CT molecular complexity index is 782. The third-order valence-electron chi connectivity index (χ3n) is 4.55. The van der Waals surface area contributed by atoms with Gasteiger partial charge in [0.1, 0.15) is 6.04 Å². The van der Waals surface area contributed by atoms with Crippen molar-refractivity contribution in [2.45, 2.75) is 38.8 Å². The number of carboxylic acids is 1. The first kappa shape index (κ1) is 22.4. The maximum Gasteiger partial charge on any atom is 0.326 e. The third-order valence-corrected chi connectivity index (χ3v) is 4.55. The molecule has 0 fully saturated rings. The Morgan fingerprint density at radius 1 is 1.17 bits per heavy atom. The van der Waals surface area contributed by atoms with Gasteiger partial charge in [-0.2, -0.15) is 0 Å². The number of aliphatic carboxylic acids is 1. The molecule has 0 bridgehead atoms. The van der Waals surface area contributed by atoms with Gasteiger partial charge in [-0.15, -0.1) is 0 Å². The highest BCUT2D eigenvalue weighted by molar-refractivity contribution is 5.83. The number of aromatic nitrogens is 1. The van der Waals surface area contributed by atoms with Gasteiger partial charge in [0.15, 0.2) is 0 Å². The number of rotatable bonds is 12. The molecule has 1 atom stereocenters. The Morgan fingerprint density at radius 3 is 2.59 bits per heavy atom. The minimum absolute atomic E-state index is 0.191. The zero-order chi connectivity index (χ0) is 21.1. The van der Waals surface area contributed by atoms with E-state index in [0.29, 0.717) is 32.1 Å². The summed E-state index contributed by atoms with van der Waals surface area (Å²) in [6.45, 7) is 3.04. The summed E-state index contributed by atoms with van der Waals surface area (Å²) in [4.78, 5) is 29.9.